The SMILES string of the molecule is CCN(CC)CCNC(=O)COc1ccc(F)c(Cl)c1. The molecule has 0 atom stereocenters. The highest BCUT2D eigenvalue weighted by Crippen LogP contribution is 2.20. The van der Waals surface area contributed by atoms with E-state index < -0.39 is 5.82 Å². The Balaban J connectivity index is 2.27. The van der Waals surface area contributed by atoms with E-state index in [1.165, 1.54) is 18.2 Å². The standard InChI is InChI=1S/C14H20ClFN2O2/c1-3-18(4-2)8-7-17-14(19)10-20-11-5-6-13(16)12(15)9-11/h5-6,9H,3-4,7-8,10H2,1-2H3,(H,17,19). The topological polar surface area (TPSA) is 41.6 Å². The third kappa shape index (κ3) is 5.75. The normalized spacial score (nSPS) is 10.7. The van der Waals surface area contributed by atoms with Crippen molar-refractivity contribution >= 4 is 17.5 Å². The third-order valence-corrected chi connectivity index (χ3v) is 3.20. The summed E-state index contributed by atoms with van der Waals surface area (Å²) in [5.74, 6) is -0.351. The lowest BCUT2D eigenvalue weighted by Crippen LogP contribution is -2.36. The first-order valence-corrected chi connectivity index (χ1v) is 7.01. The number of benzene rings is 1. The number of halogens is 2. The molecule has 1 N–H and O–H groups in total. The summed E-state index contributed by atoms with van der Waals surface area (Å²) in [6, 6.07) is 3.99. The largest absolute Gasteiger partial charge is 0.484 e. The van der Waals surface area contributed by atoms with Crippen LogP contribution in [0.5, 0.6) is 5.75 Å². The van der Waals surface area contributed by atoms with Crippen molar-refractivity contribution in [2.75, 3.05) is 32.8 Å². The summed E-state index contributed by atoms with van der Waals surface area (Å²) in [6.07, 6.45) is 0. The van der Waals surface area contributed by atoms with Gasteiger partial charge >= 0.3 is 0 Å². The molecule has 1 aromatic rings. The van der Waals surface area contributed by atoms with E-state index in [9.17, 15) is 9.18 Å². The van der Waals surface area contributed by atoms with E-state index in [1.54, 1.807) is 0 Å². The van der Waals surface area contributed by atoms with Gasteiger partial charge in [-0.1, -0.05) is 25.4 Å². The first-order chi connectivity index (χ1) is 9.56. The van der Waals surface area contributed by atoms with Crippen LogP contribution in [0.1, 0.15) is 13.8 Å². The van der Waals surface area contributed by atoms with Gasteiger partial charge in [-0.05, 0) is 25.2 Å². The van der Waals surface area contributed by atoms with Crippen LogP contribution in [-0.2, 0) is 4.79 Å². The molecule has 0 saturated carbocycles. The summed E-state index contributed by atoms with van der Waals surface area (Å²) < 4.78 is 18.2. The number of carbonyl (C=O) groups is 1. The Morgan fingerprint density at radius 2 is 2.10 bits per heavy atom. The number of rotatable bonds is 8. The van der Waals surface area contributed by atoms with Crippen LogP contribution in [0.25, 0.3) is 0 Å². The average Bonchev–Trinajstić information content (AvgIpc) is 2.45. The second kappa shape index (κ2) is 8.76. The molecule has 1 amide bonds. The fourth-order valence-electron chi connectivity index (χ4n) is 1.66. The van der Waals surface area contributed by atoms with E-state index in [-0.39, 0.29) is 17.5 Å². The minimum absolute atomic E-state index is 0.0237. The van der Waals surface area contributed by atoms with Crippen LogP contribution < -0.4 is 10.1 Å². The van der Waals surface area contributed by atoms with E-state index in [0.717, 1.165) is 19.6 Å². The molecule has 0 saturated heterocycles. The van der Waals surface area contributed by atoms with Crippen LogP contribution in [-0.4, -0.2) is 43.6 Å². The molecular formula is C14H20ClFN2O2. The molecule has 1 aromatic carbocycles. The highest BCUT2D eigenvalue weighted by molar-refractivity contribution is 6.30. The summed E-state index contributed by atoms with van der Waals surface area (Å²) in [5, 5.41) is 2.74. The van der Waals surface area contributed by atoms with E-state index in [1.807, 2.05) is 0 Å². The molecule has 0 heterocycles. The molecule has 0 spiro atoms. The van der Waals surface area contributed by atoms with Gasteiger partial charge in [0.05, 0.1) is 5.02 Å². The van der Waals surface area contributed by atoms with Gasteiger partial charge in [0, 0.05) is 19.2 Å². The molecule has 0 aliphatic rings. The summed E-state index contributed by atoms with van der Waals surface area (Å²) >= 11 is 5.62. The zero-order chi connectivity index (χ0) is 15.0. The highest BCUT2D eigenvalue weighted by atomic mass is 35.5. The fourth-order valence-corrected chi connectivity index (χ4v) is 1.83. The Hall–Kier alpha value is -1.33. The maximum atomic E-state index is 12.9. The first-order valence-electron chi connectivity index (χ1n) is 6.63. The van der Waals surface area contributed by atoms with Crippen molar-refractivity contribution in [1.82, 2.24) is 10.2 Å². The maximum absolute atomic E-state index is 12.9. The zero-order valence-corrected chi connectivity index (χ0v) is 12.5. The number of nitrogens with zero attached hydrogens (tertiary/aromatic N) is 1. The molecule has 20 heavy (non-hydrogen) atoms. The minimum atomic E-state index is -0.511. The van der Waals surface area contributed by atoms with Crippen LogP contribution in [0.4, 0.5) is 4.39 Å². The Morgan fingerprint density at radius 3 is 2.70 bits per heavy atom. The number of likely N-dealkylation sites (N-methyl/N-ethyl adjacent to an activating group) is 1. The van der Waals surface area contributed by atoms with E-state index in [4.69, 9.17) is 16.3 Å². The second-order valence-electron chi connectivity index (χ2n) is 4.24. The Kier molecular flexibility index (Phi) is 7.33. The number of ether oxygens (including phenoxy) is 1. The maximum Gasteiger partial charge on any atom is 0.257 e. The molecule has 0 fully saturated rings. The monoisotopic (exact) mass is 302 g/mol. The van der Waals surface area contributed by atoms with Crippen molar-refractivity contribution in [3.8, 4) is 5.75 Å². The van der Waals surface area contributed by atoms with Crippen molar-refractivity contribution in [3.05, 3.63) is 29.0 Å². The Morgan fingerprint density at radius 1 is 1.40 bits per heavy atom. The quantitative estimate of drug-likeness (QED) is 0.801. The predicted molar refractivity (Wildman–Crippen MR) is 77.7 cm³/mol. The minimum Gasteiger partial charge on any atom is -0.484 e. The molecule has 0 bridgehead atoms. The van der Waals surface area contributed by atoms with E-state index in [0.29, 0.717) is 12.3 Å². The van der Waals surface area contributed by atoms with E-state index >= 15 is 0 Å². The number of amides is 1. The lowest BCUT2D eigenvalue weighted by Gasteiger charge is -2.17. The summed E-state index contributed by atoms with van der Waals surface area (Å²) in [5.41, 5.74) is 0. The molecule has 0 aromatic heterocycles. The van der Waals surface area contributed by atoms with Crippen LogP contribution in [0.3, 0.4) is 0 Å². The summed E-state index contributed by atoms with van der Waals surface area (Å²) in [6.45, 7) is 7.34. The van der Waals surface area contributed by atoms with Gasteiger partial charge in [-0.15, -0.1) is 0 Å². The van der Waals surface area contributed by atoms with Crippen molar-refractivity contribution in [3.63, 3.8) is 0 Å². The van der Waals surface area contributed by atoms with Crippen LogP contribution in [0, 0.1) is 5.82 Å². The summed E-state index contributed by atoms with van der Waals surface area (Å²) in [7, 11) is 0. The number of nitrogens with one attached hydrogen (secondary N) is 1. The lowest BCUT2D eigenvalue weighted by atomic mass is 10.3. The molecule has 0 aliphatic carbocycles. The molecular weight excluding hydrogens is 283 g/mol. The first kappa shape index (κ1) is 16.7. The van der Waals surface area contributed by atoms with Crippen LogP contribution in [0.2, 0.25) is 5.02 Å². The van der Waals surface area contributed by atoms with Gasteiger partial charge in [0.25, 0.3) is 5.91 Å². The molecule has 0 radical (unpaired) electrons. The predicted octanol–water partition coefficient (Wildman–Crippen LogP) is 2.32. The van der Waals surface area contributed by atoms with Crippen molar-refractivity contribution in [2.45, 2.75) is 13.8 Å². The second-order valence-corrected chi connectivity index (χ2v) is 4.65. The molecule has 0 unspecified atom stereocenters. The van der Waals surface area contributed by atoms with Gasteiger partial charge in [0.15, 0.2) is 6.61 Å². The van der Waals surface area contributed by atoms with Gasteiger partial charge in [-0.2, -0.15) is 0 Å². The Labute approximate surface area is 123 Å². The smallest absolute Gasteiger partial charge is 0.257 e. The average molecular weight is 303 g/mol. The van der Waals surface area contributed by atoms with Crippen molar-refractivity contribution in [1.29, 1.82) is 0 Å². The molecule has 0 aliphatic heterocycles. The number of hydrogen-bond acceptors (Lipinski definition) is 3. The molecule has 4 nitrogen and oxygen atoms in total. The number of hydrogen-bond donors (Lipinski definition) is 1. The van der Waals surface area contributed by atoms with Crippen molar-refractivity contribution < 1.29 is 13.9 Å². The van der Waals surface area contributed by atoms with E-state index in [2.05, 4.69) is 24.1 Å². The highest BCUT2D eigenvalue weighted by Gasteiger charge is 2.06. The molecule has 112 valence electrons. The van der Waals surface area contributed by atoms with Gasteiger partial charge in [-0.3, -0.25) is 4.79 Å². The molecule has 6 heteroatoms. The van der Waals surface area contributed by atoms with Crippen LogP contribution >= 0.6 is 11.6 Å². The number of carbonyl (C=O) groups excluding carboxylic acids is 1. The van der Waals surface area contributed by atoms with Crippen LogP contribution in [0.15, 0.2) is 18.2 Å². The van der Waals surface area contributed by atoms with Crippen molar-refractivity contribution in [2.24, 2.45) is 0 Å². The fraction of sp³-hybridized carbons (Fsp3) is 0.500. The lowest BCUT2D eigenvalue weighted by molar-refractivity contribution is -0.123. The Bertz CT molecular complexity index is 439. The molecule has 1 rings (SSSR count). The van der Waals surface area contributed by atoms with Gasteiger partial charge in [-0.25, -0.2) is 4.39 Å². The van der Waals surface area contributed by atoms with Gasteiger partial charge in [0.1, 0.15) is 11.6 Å². The van der Waals surface area contributed by atoms with Gasteiger partial charge in [0.2, 0.25) is 0 Å². The summed E-state index contributed by atoms with van der Waals surface area (Å²) in [4.78, 5) is 13.8. The van der Waals surface area contributed by atoms with Gasteiger partial charge < -0.3 is 15.0 Å². The third-order valence-electron chi connectivity index (χ3n) is 2.91. The zero-order valence-electron chi connectivity index (χ0n) is 11.8.